The molecule has 3 amide bonds. The highest BCUT2D eigenvalue weighted by Gasteiger charge is 2.34. The molecule has 0 aromatic rings. The van der Waals surface area contributed by atoms with Gasteiger partial charge in [-0.25, -0.2) is 0 Å². The van der Waals surface area contributed by atoms with E-state index in [0.717, 1.165) is 38.6 Å². The van der Waals surface area contributed by atoms with E-state index in [1.54, 1.807) is 18.9 Å². The molecule has 0 aromatic carbocycles. The highest BCUT2D eigenvalue weighted by atomic mass is 16.2. The molecule has 1 aliphatic heterocycles. The molecule has 1 aliphatic rings. The van der Waals surface area contributed by atoms with Gasteiger partial charge >= 0.3 is 0 Å². The van der Waals surface area contributed by atoms with Crippen molar-refractivity contribution in [1.82, 2.24) is 20.4 Å². The molecule has 2 N–H and O–H groups in total. The summed E-state index contributed by atoms with van der Waals surface area (Å²) in [5.74, 6) is -0.203. The molecule has 1 fully saturated rings. The van der Waals surface area contributed by atoms with Gasteiger partial charge in [0.15, 0.2) is 0 Å². The van der Waals surface area contributed by atoms with Crippen molar-refractivity contribution in [2.75, 3.05) is 27.2 Å². The van der Waals surface area contributed by atoms with Crippen LogP contribution >= 0.6 is 0 Å². The molecular formula is C27H50N4O3. The van der Waals surface area contributed by atoms with E-state index >= 15 is 0 Å². The first-order valence-electron chi connectivity index (χ1n) is 13.2. The maximum absolute atomic E-state index is 13.5. The molecule has 0 radical (unpaired) electrons. The van der Waals surface area contributed by atoms with Gasteiger partial charge in [0.25, 0.3) is 0 Å². The smallest absolute Gasteiger partial charge is 0.246 e. The summed E-state index contributed by atoms with van der Waals surface area (Å²) < 4.78 is 0. The van der Waals surface area contributed by atoms with Crippen LogP contribution in [-0.4, -0.2) is 72.8 Å². The first-order chi connectivity index (χ1) is 16.0. The third-order valence-corrected chi connectivity index (χ3v) is 6.88. The normalized spacial score (nSPS) is 19.1. The average molecular weight is 479 g/mol. The number of carbonyl (C=O) groups excluding carboxylic acids is 3. The summed E-state index contributed by atoms with van der Waals surface area (Å²) >= 11 is 0. The van der Waals surface area contributed by atoms with Crippen molar-refractivity contribution in [2.45, 2.75) is 105 Å². The standard InChI is InChI=1S/C27H50N4O3/c1-9-10-11-13-16-28-25(32)21(6)18-23(19(2)3)31(8)27(34)24(20(4)5)29-26(33)22-15-12-14-17-30(22)7/h18-20,22-24H,9-17H2,1-8H3,(H,28,32)(H,29,33)/t22-,23-,24+/m1/s1. The molecule has 7 heteroatoms. The van der Waals surface area contributed by atoms with E-state index in [1.807, 2.05) is 40.8 Å². The van der Waals surface area contributed by atoms with Crippen LogP contribution in [0.1, 0.15) is 86.5 Å². The molecule has 0 spiro atoms. The van der Waals surface area contributed by atoms with Gasteiger partial charge in [0.05, 0.1) is 12.1 Å². The minimum atomic E-state index is -0.602. The Labute approximate surface area is 208 Å². The Balaban J connectivity index is 2.88. The zero-order chi connectivity index (χ0) is 25.8. The summed E-state index contributed by atoms with van der Waals surface area (Å²) in [4.78, 5) is 42.9. The minimum absolute atomic E-state index is 0.0443. The highest BCUT2D eigenvalue weighted by Crippen LogP contribution is 2.19. The minimum Gasteiger partial charge on any atom is -0.352 e. The van der Waals surface area contributed by atoms with E-state index in [-0.39, 0.29) is 41.6 Å². The van der Waals surface area contributed by atoms with Crippen LogP contribution in [0.25, 0.3) is 0 Å². The Morgan fingerprint density at radius 3 is 2.29 bits per heavy atom. The lowest BCUT2D eigenvalue weighted by atomic mass is 9.96. The van der Waals surface area contributed by atoms with E-state index in [4.69, 9.17) is 0 Å². The van der Waals surface area contributed by atoms with Gasteiger partial charge in [-0.1, -0.05) is 66.4 Å². The van der Waals surface area contributed by atoms with Crippen molar-refractivity contribution in [1.29, 1.82) is 0 Å². The lowest BCUT2D eigenvalue weighted by molar-refractivity contribution is -0.139. The van der Waals surface area contributed by atoms with E-state index in [2.05, 4.69) is 22.5 Å². The molecule has 1 heterocycles. The highest BCUT2D eigenvalue weighted by molar-refractivity contribution is 5.93. The molecule has 7 nitrogen and oxygen atoms in total. The lowest BCUT2D eigenvalue weighted by Crippen LogP contribution is -2.57. The number of nitrogens with one attached hydrogen (secondary N) is 2. The number of rotatable bonds is 13. The van der Waals surface area contributed by atoms with Gasteiger partial charge in [0.1, 0.15) is 6.04 Å². The van der Waals surface area contributed by atoms with Gasteiger partial charge in [-0.05, 0) is 51.6 Å². The van der Waals surface area contributed by atoms with E-state index < -0.39 is 6.04 Å². The maximum Gasteiger partial charge on any atom is 0.246 e. The number of hydrogen-bond donors (Lipinski definition) is 2. The molecule has 196 valence electrons. The van der Waals surface area contributed by atoms with E-state index in [9.17, 15) is 14.4 Å². The molecular weight excluding hydrogens is 428 g/mol. The summed E-state index contributed by atoms with van der Waals surface area (Å²) in [6.45, 7) is 13.5. The number of amides is 3. The van der Waals surface area contributed by atoms with Crippen LogP contribution in [0.2, 0.25) is 0 Å². The third-order valence-electron chi connectivity index (χ3n) is 6.88. The van der Waals surface area contributed by atoms with Gasteiger partial charge in [0.2, 0.25) is 17.7 Å². The van der Waals surface area contributed by atoms with Crippen LogP contribution in [0, 0.1) is 11.8 Å². The first kappa shape index (κ1) is 30.1. The van der Waals surface area contributed by atoms with Gasteiger partial charge in [-0.2, -0.15) is 0 Å². The summed E-state index contributed by atoms with van der Waals surface area (Å²) in [5, 5.41) is 6.03. The monoisotopic (exact) mass is 478 g/mol. The van der Waals surface area contributed by atoms with Crippen LogP contribution in [0.3, 0.4) is 0 Å². The lowest BCUT2D eigenvalue weighted by Gasteiger charge is -2.36. The Bertz CT molecular complexity index is 689. The molecule has 0 bridgehead atoms. The molecule has 0 aliphatic carbocycles. The Kier molecular flexibility index (Phi) is 13.5. The van der Waals surface area contributed by atoms with Crippen molar-refractivity contribution < 1.29 is 14.4 Å². The van der Waals surface area contributed by atoms with E-state index in [1.165, 1.54) is 12.8 Å². The molecule has 0 saturated carbocycles. The second-order valence-corrected chi connectivity index (χ2v) is 10.6. The van der Waals surface area contributed by atoms with Crippen LogP contribution in [0.15, 0.2) is 11.6 Å². The fourth-order valence-electron chi connectivity index (χ4n) is 4.51. The van der Waals surface area contributed by atoms with Gasteiger partial charge < -0.3 is 15.5 Å². The second-order valence-electron chi connectivity index (χ2n) is 10.6. The quantitative estimate of drug-likeness (QED) is 0.312. The fraction of sp³-hybridized carbons (Fsp3) is 0.815. The first-order valence-corrected chi connectivity index (χ1v) is 13.2. The SMILES string of the molecule is CCCCCCNC(=O)C(C)=C[C@H](C(C)C)N(C)C(=O)[C@@H](NC(=O)[C@H]1CCCCN1C)C(C)C. The maximum atomic E-state index is 13.5. The van der Waals surface area contributed by atoms with Crippen molar-refractivity contribution in [3.8, 4) is 0 Å². The number of nitrogens with zero attached hydrogens (tertiary/aromatic N) is 2. The van der Waals surface area contributed by atoms with E-state index in [0.29, 0.717) is 12.1 Å². The summed E-state index contributed by atoms with van der Waals surface area (Å²) in [6.07, 6.45) is 9.27. The van der Waals surface area contributed by atoms with Crippen LogP contribution in [0.4, 0.5) is 0 Å². The van der Waals surface area contributed by atoms with Crippen LogP contribution in [0.5, 0.6) is 0 Å². The molecule has 0 unspecified atom stereocenters. The average Bonchev–Trinajstić information content (AvgIpc) is 2.79. The zero-order valence-corrected chi connectivity index (χ0v) is 22.9. The summed E-state index contributed by atoms with van der Waals surface area (Å²) in [5.41, 5.74) is 0.614. The molecule has 3 atom stereocenters. The molecule has 1 rings (SSSR count). The number of piperidine rings is 1. The zero-order valence-electron chi connectivity index (χ0n) is 22.9. The molecule has 1 saturated heterocycles. The second kappa shape index (κ2) is 15.2. The van der Waals surface area contributed by atoms with Crippen molar-refractivity contribution in [3.05, 3.63) is 11.6 Å². The topological polar surface area (TPSA) is 81.8 Å². The van der Waals surface area contributed by atoms with Crippen molar-refractivity contribution in [3.63, 3.8) is 0 Å². The van der Waals surface area contributed by atoms with Crippen LogP contribution < -0.4 is 10.6 Å². The fourth-order valence-corrected chi connectivity index (χ4v) is 4.51. The van der Waals surface area contributed by atoms with Gasteiger partial charge in [-0.15, -0.1) is 0 Å². The number of likely N-dealkylation sites (N-methyl/N-ethyl adjacent to an activating group) is 2. The van der Waals surface area contributed by atoms with Crippen molar-refractivity contribution >= 4 is 17.7 Å². The van der Waals surface area contributed by atoms with Crippen molar-refractivity contribution in [2.24, 2.45) is 11.8 Å². The largest absolute Gasteiger partial charge is 0.352 e. The number of likely N-dealkylation sites (tertiary alicyclic amines) is 1. The number of hydrogen-bond acceptors (Lipinski definition) is 4. The summed E-state index contributed by atoms with van der Waals surface area (Å²) in [6, 6.07) is -1.03. The Morgan fingerprint density at radius 2 is 1.74 bits per heavy atom. The Morgan fingerprint density at radius 1 is 1.06 bits per heavy atom. The third kappa shape index (κ3) is 9.40. The molecule has 0 aromatic heterocycles. The number of unbranched alkanes of at least 4 members (excludes halogenated alkanes) is 3. The predicted molar refractivity (Wildman–Crippen MR) is 139 cm³/mol. The van der Waals surface area contributed by atoms with Crippen LogP contribution in [-0.2, 0) is 14.4 Å². The predicted octanol–water partition coefficient (Wildman–Crippen LogP) is 3.74. The van der Waals surface area contributed by atoms with Gasteiger partial charge in [0, 0.05) is 19.2 Å². The molecule has 34 heavy (non-hydrogen) atoms. The summed E-state index contributed by atoms with van der Waals surface area (Å²) in [7, 11) is 3.74. The Hall–Kier alpha value is -1.89. The van der Waals surface area contributed by atoms with Gasteiger partial charge in [-0.3, -0.25) is 19.3 Å². The number of carbonyl (C=O) groups is 3.